The highest BCUT2D eigenvalue weighted by molar-refractivity contribution is 5.76. The first-order valence-corrected chi connectivity index (χ1v) is 6.87. The summed E-state index contributed by atoms with van der Waals surface area (Å²) < 4.78 is 7.88. The SMILES string of the molecule is COC1(Cc2nc3cc(CN)ccc3n2C)CCC1. The van der Waals surface area contributed by atoms with Gasteiger partial charge in [-0.2, -0.15) is 0 Å². The first-order valence-electron chi connectivity index (χ1n) is 6.87. The molecule has 0 radical (unpaired) electrons. The molecule has 2 aromatic rings. The zero-order valence-electron chi connectivity index (χ0n) is 11.6. The lowest BCUT2D eigenvalue weighted by molar-refractivity contribution is -0.0724. The van der Waals surface area contributed by atoms with E-state index < -0.39 is 0 Å². The average molecular weight is 259 g/mol. The molecule has 0 aliphatic heterocycles. The number of ether oxygens (including phenoxy) is 1. The number of rotatable bonds is 4. The first-order chi connectivity index (χ1) is 9.17. The molecule has 102 valence electrons. The first kappa shape index (κ1) is 12.6. The number of imidazole rings is 1. The van der Waals surface area contributed by atoms with Crippen molar-refractivity contribution in [2.45, 2.75) is 37.8 Å². The van der Waals surface area contributed by atoms with Crippen LogP contribution in [0.25, 0.3) is 11.0 Å². The van der Waals surface area contributed by atoms with Crippen LogP contribution >= 0.6 is 0 Å². The number of methoxy groups -OCH3 is 1. The molecular formula is C15H21N3O. The fourth-order valence-corrected chi connectivity index (χ4v) is 2.89. The second kappa shape index (κ2) is 4.62. The summed E-state index contributed by atoms with van der Waals surface area (Å²) in [7, 11) is 3.89. The van der Waals surface area contributed by atoms with E-state index in [2.05, 4.69) is 29.8 Å². The smallest absolute Gasteiger partial charge is 0.112 e. The Hall–Kier alpha value is -1.39. The highest BCUT2D eigenvalue weighted by atomic mass is 16.5. The molecule has 0 unspecified atom stereocenters. The van der Waals surface area contributed by atoms with Crippen LogP contribution in [0.15, 0.2) is 18.2 Å². The predicted octanol–water partition coefficient (Wildman–Crippen LogP) is 2.14. The van der Waals surface area contributed by atoms with Crippen molar-refractivity contribution in [3.8, 4) is 0 Å². The molecule has 1 fully saturated rings. The lowest BCUT2D eigenvalue weighted by Gasteiger charge is -2.40. The normalized spacial score (nSPS) is 17.6. The van der Waals surface area contributed by atoms with E-state index in [1.807, 2.05) is 7.11 Å². The summed E-state index contributed by atoms with van der Waals surface area (Å²) in [6.07, 6.45) is 4.43. The van der Waals surface area contributed by atoms with Gasteiger partial charge in [0.25, 0.3) is 0 Å². The van der Waals surface area contributed by atoms with E-state index in [4.69, 9.17) is 15.5 Å². The number of aryl methyl sites for hydroxylation is 1. The van der Waals surface area contributed by atoms with Crippen LogP contribution in [0.3, 0.4) is 0 Å². The minimum absolute atomic E-state index is 0.0197. The van der Waals surface area contributed by atoms with Gasteiger partial charge in [-0.3, -0.25) is 0 Å². The quantitative estimate of drug-likeness (QED) is 0.915. The number of hydrogen-bond donors (Lipinski definition) is 1. The molecule has 2 N–H and O–H groups in total. The van der Waals surface area contributed by atoms with Crippen molar-refractivity contribution in [1.82, 2.24) is 9.55 Å². The summed E-state index contributed by atoms with van der Waals surface area (Å²) in [4.78, 5) is 4.76. The molecule has 0 saturated heterocycles. The minimum Gasteiger partial charge on any atom is -0.378 e. The third-order valence-corrected chi connectivity index (χ3v) is 4.45. The van der Waals surface area contributed by atoms with Crippen molar-refractivity contribution < 1.29 is 4.74 Å². The Labute approximate surface area is 113 Å². The van der Waals surface area contributed by atoms with Gasteiger partial charge in [0.15, 0.2) is 0 Å². The highest BCUT2D eigenvalue weighted by Crippen LogP contribution is 2.38. The Morgan fingerprint density at radius 1 is 1.42 bits per heavy atom. The lowest BCUT2D eigenvalue weighted by atomic mass is 9.77. The summed E-state index contributed by atoms with van der Waals surface area (Å²) in [5.41, 5.74) is 9.03. The second-order valence-electron chi connectivity index (χ2n) is 5.53. The van der Waals surface area contributed by atoms with E-state index in [1.165, 1.54) is 6.42 Å². The van der Waals surface area contributed by atoms with Gasteiger partial charge in [0.05, 0.1) is 16.6 Å². The zero-order valence-corrected chi connectivity index (χ0v) is 11.6. The summed E-state index contributed by atoms with van der Waals surface area (Å²) in [6, 6.07) is 6.26. The van der Waals surface area contributed by atoms with Crippen LogP contribution in [-0.2, 0) is 24.8 Å². The van der Waals surface area contributed by atoms with Crippen molar-refractivity contribution in [3.63, 3.8) is 0 Å². The molecule has 3 rings (SSSR count). The molecule has 1 aliphatic rings. The average Bonchev–Trinajstić information content (AvgIpc) is 2.70. The fourth-order valence-electron chi connectivity index (χ4n) is 2.89. The number of nitrogens with zero attached hydrogens (tertiary/aromatic N) is 2. The monoisotopic (exact) mass is 259 g/mol. The molecule has 1 saturated carbocycles. The van der Waals surface area contributed by atoms with Gasteiger partial charge in [0.2, 0.25) is 0 Å². The Balaban J connectivity index is 1.97. The van der Waals surface area contributed by atoms with Gasteiger partial charge in [-0.25, -0.2) is 4.98 Å². The van der Waals surface area contributed by atoms with Crippen LogP contribution in [0.1, 0.15) is 30.7 Å². The molecular weight excluding hydrogens is 238 g/mol. The van der Waals surface area contributed by atoms with Crippen molar-refractivity contribution in [3.05, 3.63) is 29.6 Å². The molecule has 4 heteroatoms. The van der Waals surface area contributed by atoms with E-state index in [-0.39, 0.29) is 5.60 Å². The van der Waals surface area contributed by atoms with Crippen molar-refractivity contribution in [2.75, 3.05) is 7.11 Å². The lowest BCUT2D eigenvalue weighted by Crippen LogP contribution is -2.41. The van der Waals surface area contributed by atoms with E-state index in [0.29, 0.717) is 6.54 Å². The van der Waals surface area contributed by atoms with Crippen LogP contribution in [0.5, 0.6) is 0 Å². The van der Waals surface area contributed by atoms with Crippen LogP contribution in [-0.4, -0.2) is 22.3 Å². The number of nitrogens with two attached hydrogens (primary N) is 1. The third kappa shape index (κ3) is 2.05. The largest absolute Gasteiger partial charge is 0.378 e. The summed E-state index contributed by atoms with van der Waals surface area (Å²) >= 11 is 0. The molecule has 0 spiro atoms. The second-order valence-corrected chi connectivity index (χ2v) is 5.53. The summed E-state index contributed by atoms with van der Waals surface area (Å²) in [5, 5.41) is 0. The summed E-state index contributed by atoms with van der Waals surface area (Å²) in [5.74, 6) is 1.10. The molecule has 1 aromatic heterocycles. The molecule has 19 heavy (non-hydrogen) atoms. The molecule has 1 heterocycles. The number of benzene rings is 1. The van der Waals surface area contributed by atoms with E-state index in [0.717, 1.165) is 41.7 Å². The van der Waals surface area contributed by atoms with E-state index in [1.54, 1.807) is 0 Å². The maximum Gasteiger partial charge on any atom is 0.112 e. The van der Waals surface area contributed by atoms with Crippen LogP contribution < -0.4 is 5.73 Å². The van der Waals surface area contributed by atoms with Crippen LogP contribution in [0.2, 0.25) is 0 Å². The zero-order chi connectivity index (χ0) is 13.5. The maximum atomic E-state index is 5.70. The number of aromatic nitrogens is 2. The maximum absolute atomic E-state index is 5.70. The molecule has 0 amide bonds. The van der Waals surface area contributed by atoms with Gasteiger partial charge in [-0.15, -0.1) is 0 Å². The predicted molar refractivity (Wildman–Crippen MR) is 75.9 cm³/mol. The number of hydrogen-bond acceptors (Lipinski definition) is 3. The Bertz CT molecular complexity index is 593. The Kier molecular flexibility index (Phi) is 3.07. The molecule has 1 aliphatic carbocycles. The van der Waals surface area contributed by atoms with Crippen molar-refractivity contribution in [1.29, 1.82) is 0 Å². The molecule has 0 atom stereocenters. The third-order valence-electron chi connectivity index (χ3n) is 4.45. The summed E-state index contributed by atoms with van der Waals surface area (Å²) in [6.45, 7) is 0.559. The fraction of sp³-hybridized carbons (Fsp3) is 0.533. The topological polar surface area (TPSA) is 53.1 Å². The standard InChI is InChI=1S/C15H21N3O/c1-18-13-5-4-11(10-16)8-12(13)17-14(18)9-15(19-2)6-3-7-15/h4-5,8H,3,6-7,9-10,16H2,1-2H3. The molecule has 4 nitrogen and oxygen atoms in total. The highest BCUT2D eigenvalue weighted by Gasteiger charge is 2.38. The van der Waals surface area contributed by atoms with Gasteiger partial charge >= 0.3 is 0 Å². The van der Waals surface area contributed by atoms with Gasteiger partial charge in [-0.05, 0) is 37.0 Å². The minimum atomic E-state index is 0.0197. The number of fused-ring (bicyclic) bond motifs is 1. The Morgan fingerprint density at radius 2 is 2.21 bits per heavy atom. The van der Waals surface area contributed by atoms with Crippen LogP contribution in [0.4, 0.5) is 0 Å². The van der Waals surface area contributed by atoms with Gasteiger partial charge in [-0.1, -0.05) is 6.07 Å². The van der Waals surface area contributed by atoms with Crippen LogP contribution in [0, 0.1) is 0 Å². The van der Waals surface area contributed by atoms with E-state index in [9.17, 15) is 0 Å². The Morgan fingerprint density at radius 3 is 2.79 bits per heavy atom. The van der Waals surface area contributed by atoms with Gasteiger partial charge in [0, 0.05) is 27.1 Å². The van der Waals surface area contributed by atoms with Gasteiger partial charge < -0.3 is 15.0 Å². The molecule has 1 aromatic carbocycles. The van der Waals surface area contributed by atoms with E-state index >= 15 is 0 Å². The van der Waals surface area contributed by atoms with Crippen molar-refractivity contribution in [2.24, 2.45) is 12.8 Å². The van der Waals surface area contributed by atoms with Gasteiger partial charge in [0.1, 0.15) is 5.82 Å². The van der Waals surface area contributed by atoms with Crippen molar-refractivity contribution >= 4 is 11.0 Å². The molecule has 0 bridgehead atoms.